The molecule has 1 atom stereocenters. The van der Waals surface area contributed by atoms with E-state index in [1.54, 1.807) is 46.9 Å². The number of likely N-dealkylation sites (tertiary alicyclic amines) is 1. The molecule has 1 fully saturated rings. The van der Waals surface area contributed by atoms with Gasteiger partial charge in [0, 0.05) is 43.0 Å². The maximum Gasteiger partial charge on any atom is 0.296 e. The second-order valence-electron chi connectivity index (χ2n) is 9.55. The van der Waals surface area contributed by atoms with E-state index in [0.717, 1.165) is 11.6 Å². The summed E-state index contributed by atoms with van der Waals surface area (Å²) in [5, 5.41) is 7.58. The third-order valence-electron chi connectivity index (χ3n) is 6.58. The Morgan fingerprint density at radius 3 is 2.72 bits per heavy atom. The average molecular weight is 536 g/mol. The predicted molar refractivity (Wildman–Crippen MR) is 138 cm³/mol. The van der Waals surface area contributed by atoms with Crippen molar-refractivity contribution in [2.24, 2.45) is 0 Å². The number of fused-ring (bicyclic) bond motifs is 2. The Balaban J connectivity index is 1.28. The molecule has 5 aromatic rings. The van der Waals surface area contributed by atoms with E-state index in [1.165, 1.54) is 18.7 Å². The minimum Gasteiger partial charge on any atom is -0.483 e. The van der Waals surface area contributed by atoms with Gasteiger partial charge in [-0.15, -0.1) is 0 Å². The van der Waals surface area contributed by atoms with Gasteiger partial charge in [0.05, 0.1) is 17.4 Å². The van der Waals surface area contributed by atoms with E-state index in [1.807, 2.05) is 13.0 Å². The molecule has 0 radical (unpaired) electrons. The lowest BCUT2D eigenvalue weighted by Crippen LogP contribution is -2.52. The molecule has 6 rings (SSSR count). The van der Waals surface area contributed by atoms with Crippen molar-refractivity contribution in [3.8, 4) is 17.2 Å². The standard InChI is InChI=1S/C27H24F3N7O2/c1-16-9-18(3-4-21(16)38-19-5-8-37-24(12-19)32-15-34-37)35-26-25-20(31-14-33-26)10-17(28)11-22(25)39-23-6-7-36(2)13-27(23,29)30/h3-5,8-12,14-15,23H,6-7,13H2,1-2H3,(H,31,33,35)/t23-/m0/s1. The molecule has 12 heteroatoms. The maximum atomic E-state index is 14.7. The highest BCUT2D eigenvalue weighted by Gasteiger charge is 2.45. The van der Waals surface area contributed by atoms with Gasteiger partial charge >= 0.3 is 0 Å². The first kappa shape index (κ1) is 24.9. The summed E-state index contributed by atoms with van der Waals surface area (Å²) in [6.07, 6.45) is 3.20. The third kappa shape index (κ3) is 5.02. The number of aryl methyl sites for hydroxylation is 1. The molecule has 0 spiro atoms. The largest absolute Gasteiger partial charge is 0.483 e. The van der Waals surface area contributed by atoms with Gasteiger partial charge in [-0.05, 0) is 43.8 Å². The highest BCUT2D eigenvalue weighted by Crippen LogP contribution is 2.37. The summed E-state index contributed by atoms with van der Waals surface area (Å²) in [4.78, 5) is 14.2. The molecule has 0 unspecified atom stereocenters. The number of piperidine rings is 1. The van der Waals surface area contributed by atoms with E-state index >= 15 is 0 Å². The molecule has 0 aliphatic carbocycles. The Hall–Kier alpha value is -4.45. The Labute approximate surface area is 221 Å². The fourth-order valence-electron chi connectivity index (χ4n) is 4.66. The van der Waals surface area contributed by atoms with Crippen LogP contribution in [0.15, 0.2) is 61.3 Å². The number of nitrogens with one attached hydrogen (secondary N) is 1. The Bertz CT molecular complexity index is 1680. The number of benzene rings is 2. The Kier molecular flexibility index (Phi) is 6.18. The van der Waals surface area contributed by atoms with Crippen LogP contribution in [0.1, 0.15) is 12.0 Å². The first-order chi connectivity index (χ1) is 18.7. The summed E-state index contributed by atoms with van der Waals surface area (Å²) in [7, 11) is 1.63. The maximum absolute atomic E-state index is 14.7. The first-order valence-corrected chi connectivity index (χ1v) is 12.3. The molecule has 200 valence electrons. The van der Waals surface area contributed by atoms with Crippen LogP contribution < -0.4 is 14.8 Å². The number of aromatic nitrogens is 5. The van der Waals surface area contributed by atoms with Gasteiger partial charge < -0.3 is 19.7 Å². The lowest BCUT2D eigenvalue weighted by Gasteiger charge is -2.36. The molecule has 39 heavy (non-hydrogen) atoms. The molecule has 3 aromatic heterocycles. The van der Waals surface area contributed by atoms with E-state index in [2.05, 4.69) is 25.4 Å². The molecule has 2 aromatic carbocycles. The predicted octanol–water partition coefficient (Wildman–Crippen LogP) is 5.37. The van der Waals surface area contributed by atoms with Gasteiger partial charge in [-0.1, -0.05) is 0 Å². The van der Waals surface area contributed by atoms with Gasteiger partial charge in [0.1, 0.15) is 41.5 Å². The number of ether oxygens (including phenoxy) is 2. The molecule has 0 saturated carbocycles. The number of nitrogens with zero attached hydrogens (tertiary/aromatic N) is 6. The topological polar surface area (TPSA) is 89.7 Å². The minimum atomic E-state index is -3.10. The summed E-state index contributed by atoms with van der Waals surface area (Å²) < 4.78 is 57.3. The molecule has 4 heterocycles. The Morgan fingerprint density at radius 1 is 1.03 bits per heavy atom. The number of pyridine rings is 1. The van der Waals surface area contributed by atoms with Crippen LogP contribution in [0, 0.1) is 12.7 Å². The minimum absolute atomic E-state index is 0.0390. The van der Waals surface area contributed by atoms with Crippen LogP contribution in [0.25, 0.3) is 16.6 Å². The molecule has 0 bridgehead atoms. The van der Waals surface area contributed by atoms with Crippen LogP contribution in [0.5, 0.6) is 17.2 Å². The van der Waals surface area contributed by atoms with Crippen LogP contribution in [0.4, 0.5) is 24.7 Å². The van der Waals surface area contributed by atoms with Crippen molar-refractivity contribution in [1.82, 2.24) is 29.5 Å². The molecule has 1 aliphatic rings. The van der Waals surface area contributed by atoms with E-state index in [9.17, 15) is 13.2 Å². The van der Waals surface area contributed by atoms with Gasteiger partial charge in [0.15, 0.2) is 11.8 Å². The highest BCUT2D eigenvalue weighted by molar-refractivity contribution is 5.96. The molecule has 9 nitrogen and oxygen atoms in total. The SMILES string of the molecule is Cc1cc(Nc2ncnc3cc(F)cc(O[C@H]4CCN(C)CC4(F)F)c23)ccc1Oc1ccn2ncnc2c1. The van der Waals surface area contributed by atoms with Crippen molar-refractivity contribution in [2.75, 3.05) is 25.5 Å². The van der Waals surface area contributed by atoms with Crippen molar-refractivity contribution < 1.29 is 22.6 Å². The van der Waals surface area contributed by atoms with E-state index in [4.69, 9.17) is 9.47 Å². The van der Waals surface area contributed by atoms with Gasteiger partial charge in [-0.25, -0.2) is 32.6 Å². The third-order valence-corrected chi connectivity index (χ3v) is 6.58. The molecular weight excluding hydrogens is 511 g/mol. The number of halogens is 3. The number of hydrogen-bond donors (Lipinski definition) is 1. The van der Waals surface area contributed by atoms with Gasteiger partial charge in [0.25, 0.3) is 5.92 Å². The van der Waals surface area contributed by atoms with Crippen molar-refractivity contribution in [3.05, 3.63) is 72.7 Å². The number of anilines is 2. The summed E-state index contributed by atoms with van der Waals surface area (Å²) in [6.45, 7) is 1.89. The smallest absolute Gasteiger partial charge is 0.296 e. The molecule has 1 saturated heterocycles. The number of rotatable bonds is 6. The fraction of sp³-hybridized carbons (Fsp3) is 0.259. The zero-order chi connectivity index (χ0) is 27.1. The summed E-state index contributed by atoms with van der Waals surface area (Å²) in [5.74, 6) is -2.23. The second kappa shape index (κ2) is 9.70. The van der Waals surface area contributed by atoms with Crippen molar-refractivity contribution in [2.45, 2.75) is 25.4 Å². The van der Waals surface area contributed by atoms with Crippen LogP contribution in [-0.4, -0.2) is 61.6 Å². The highest BCUT2D eigenvalue weighted by atomic mass is 19.3. The lowest BCUT2D eigenvalue weighted by atomic mass is 10.0. The number of hydrogen-bond acceptors (Lipinski definition) is 8. The second-order valence-corrected chi connectivity index (χ2v) is 9.55. The van der Waals surface area contributed by atoms with Gasteiger partial charge in [-0.2, -0.15) is 5.10 Å². The van der Waals surface area contributed by atoms with Crippen LogP contribution >= 0.6 is 0 Å². The van der Waals surface area contributed by atoms with Gasteiger partial charge in [-0.3, -0.25) is 0 Å². The molecular formula is C27H24F3N7O2. The summed E-state index contributed by atoms with van der Waals surface area (Å²) in [5.41, 5.74) is 2.38. The van der Waals surface area contributed by atoms with E-state index in [0.29, 0.717) is 40.6 Å². The summed E-state index contributed by atoms with van der Waals surface area (Å²) >= 11 is 0. The van der Waals surface area contributed by atoms with Crippen molar-refractivity contribution in [1.29, 1.82) is 0 Å². The van der Waals surface area contributed by atoms with Crippen molar-refractivity contribution in [3.63, 3.8) is 0 Å². The Morgan fingerprint density at radius 2 is 1.90 bits per heavy atom. The summed E-state index contributed by atoms with van der Waals surface area (Å²) in [6, 6.07) is 11.3. The van der Waals surface area contributed by atoms with E-state index < -0.39 is 24.4 Å². The van der Waals surface area contributed by atoms with Crippen LogP contribution in [0.2, 0.25) is 0 Å². The van der Waals surface area contributed by atoms with Crippen LogP contribution in [-0.2, 0) is 0 Å². The lowest BCUT2D eigenvalue weighted by molar-refractivity contribution is -0.134. The first-order valence-electron chi connectivity index (χ1n) is 12.3. The fourth-order valence-corrected chi connectivity index (χ4v) is 4.66. The quantitative estimate of drug-likeness (QED) is 0.310. The molecule has 0 amide bonds. The number of alkyl halides is 2. The zero-order valence-corrected chi connectivity index (χ0v) is 21.1. The van der Waals surface area contributed by atoms with Crippen LogP contribution in [0.3, 0.4) is 0 Å². The van der Waals surface area contributed by atoms with Crippen molar-refractivity contribution >= 4 is 28.1 Å². The molecule has 1 N–H and O–H groups in total. The van der Waals surface area contributed by atoms with E-state index in [-0.39, 0.29) is 17.7 Å². The van der Waals surface area contributed by atoms with Gasteiger partial charge in [0.2, 0.25) is 0 Å². The zero-order valence-electron chi connectivity index (χ0n) is 21.1. The monoisotopic (exact) mass is 535 g/mol. The normalized spacial score (nSPS) is 17.4. The average Bonchev–Trinajstić information content (AvgIpc) is 3.35. The molecule has 1 aliphatic heterocycles.